The highest BCUT2D eigenvalue weighted by atomic mass is 15.0. The number of fused-ring (bicyclic) bond motifs is 3. The van der Waals surface area contributed by atoms with E-state index in [1.165, 1.54) is 66.4 Å². The summed E-state index contributed by atoms with van der Waals surface area (Å²) in [6.07, 6.45) is 0. The van der Waals surface area contributed by atoms with Gasteiger partial charge in [0.05, 0.1) is 11.0 Å². The van der Waals surface area contributed by atoms with Crippen LogP contribution in [0.2, 0.25) is 0 Å². The quantitative estimate of drug-likeness (QED) is 0.184. The molecule has 9 rings (SSSR count). The maximum atomic E-state index is 3.79. The molecule has 0 saturated carbocycles. The number of nitrogens with one attached hydrogen (secondary N) is 1. The predicted molar refractivity (Wildman–Crippen MR) is 212 cm³/mol. The third kappa shape index (κ3) is 5.53. The highest BCUT2D eigenvalue weighted by molar-refractivity contribution is 6.10. The van der Waals surface area contributed by atoms with Crippen LogP contribution in [-0.4, -0.2) is 4.57 Å². The Balaban J connectivity index is 1.07. The predicted octanol–water partition coefficient (Wildman–Crippen LogP) is 13.2. The van der Waals surface area contributed by atoms with E-state index < -0.39 is 0 Å². The van der Waals surface area contributed by atoms with Gasteiger partial charge in [0, 0.05) is 33.4 Å². The molecule has 0 unspecified atom stereocenters. The van der Waals surface area contributed by atoms with E-state index in [0.29, 0.717) is 0 Å². The molecule has 0 atom stereocenters. The summed E-state index contributed by atoms with van der Waals surface area (Å²) in [5.41, 5.74) is 15.2. The lowest BCUT2D eigenvalue weighted by molar-refractivity contribution is 1.18. The van der Waals surface area contributed by atoms with E-state index in [9.17, 15) is 0 Å². The summed E-state index contributed by atoms with van der Waals surface area (Å²) in [6, 6.07) is 71.6. The molecule has 0 aliphatic rings. The van der Waals surface area contributed by atoms with Gasteiger partial charge in [0.2, 0.25) is 0 Å². The lowest BCUT2D eigenvalue weighted by atomic mass is 9.97. The monoisotopic (exact) mass is 638 g/mol. The van der Waals surface area contributed by atoms with Gasteiger partial charge < -0.3 is 9.88 Å². The zero-order valence-corrected chi connectivity index (χ0v) is 27.5. The van der Waals surface area contributed by atoms with Gasteiger partial charge in [0.15, 0.2) is 0 Å². The van der Waals surface area contributed by atoms with E-state index in [4.69, 9.17) is 0 Å². The van der Waals surface area contributed by atoms with Crippen molar-refractivity contribution < 1.29 is 0 Å². The summed E-state index contributed by atoms with van der Waals surface area (Å²) >= 11 is 0. The molecule has 8 aromatic carbocycles. The molecule has 0 amide bonds. The summed E-state index contributed by atoms with van der Waals surface area (Å²) in [4.78, 5) is 0. The molecule has 236 valence electrons. The number of para-hydroxylation sites is 3. The highest BCUT2D eigenvalue weighted by Gasteiger charge is 2.14. The standard InChI is InChI=1S/C48H34N2/c1-4-14-34(15-5-1)39-30-40(35-16-6-2-7-17-35)32-41(31-39)49-46-22-12-10-20-43(46)37-26-24-36(25-27-37)38-28-29-45-44-21-11-13-23-47(44)50(48(45)33-38)42-18-8-3-9-19-42/h1-33,49H. The van der Waals surface area contributed by atoms with Crippen LogP contribution in [0.1, 0.15) is 0 Å². The van der Waals surface area contributed by atoms with Gasteiger partial charge in [-0.05, 0) is 87.5 Å². The minimum atomic E-state index is 1.05. The van der Waals surface area contributed by atoms with E-state index in [-0.39, 0.29) is 0 Å². The molecule has 0 bridgehead atoms. The third-order valence-electron chi connectivity index (χ3n) is 9.57. The van der Waals surface area contributed by atoms with E-state index in [1.807, 2.05) is 0 Å². The molecule has 0 spiro atoms. The van der Waals surface area contributed by atoms with Crippen molar-refractivity contribution >= 4 is 33.2 Å². The average Bonchev–Trinajstić information content (AvgIpc) is 3.53. The Kier molecular flexibility index (Phi) is 7.53. The maximum absolute atomic E-state index is 3.79. The molecule has 2 nitrogen and oxygen atoms in total. The topological polar surface area (TPSA) is 17.0 Å². The van der Waals surface area contributed by atoms with Crippen LogP contribution in [0.5, 0.6) is 0 Å². The second-order valence-corrected chi connectivity index (χ2v) is 12.7. The zero-order valence-electron chi connectivity index (χ0n) is 27.5. The molecule has 2 heteroatoms. The van der Waals surface area contributed by atoms with Gasteiger partial charge >= 0.3 is 0 Å². The third-order valence-corrected chi connectivity index (χ3v) is 9.57. The summed E-state index contributed by atoms with van der Waals surface area (Å²) < 4.78 is 2.38. The van der Waals surface area contributed by atoms with E-state index in [1.54, 1.807) is 0 Å². The number of aromatic nitrogens is 1. The van der Waals surface area contributed by atoms with Gasteiger partial charge in [-0.3, -0.25) is 0 Å². The Bertz CT molecular complexity index is 2530. The van der Waals surface area contributed by atoms with Crippen molar-refractivity contribution in [3.8, 4) is 50.2 Å². The molecule has 1 N–H and O–H groups in total. The largest absolute Gasteiger partial charge is 0.355 e. The van der Waals surface area contributed by atoms with E-state index in [2.05, 4.69) is 210 Å². The van der Waals surface area contributed by atoms with Gasteiger partial charge in [0.25, 0.3) is 0 Å². The van der Waals surface area contributed by atoms with Gasteiger partial charge in [-0.15, -0.1) is 0 Å². The van der Waals surface area contributed by atoms with Crippen molar-refractivity contribution in [2.75, 3.05) is 5.32 Å². The molecule has 0 aliphatic carbocycles. The first-order valence-corrected chi connectivity index (χ1v) is 17.1. The summed E-state index contributed by atoms with van der Waals surface area (Å²) in [6.45, 7) is 0. The molecule has 0 aliphatic heterocycles. The Morgan fingerprint density at radius 2 is 0.840 bits per heavy atom. The Morgan fingerprint density at radius 1 is 0.320 bits per heavy atom. The first-order chi connectivity index (χ1) is 24.8. The fraction of sp³-hybridized carbons (Fsp3) is 0. The molecule has 0 radical (unpaired) electrons. The van der Waals surface area contributed by atoms with Crippen molar-refractivity contribution in [2.45, 2.75) is 0 Å². The smallest absolute Gasteiger partial charge is 0.0547 e. The van der Waals surface area contributed by atoms with Crippen molar-refractivity contribution in [1.82, 2.24) is 4.57 Å². The van der Waals surface area contributed by atoms with Crippen LogP contribution in [0.25, 0.3) is 72.0 Å². The fourth-order valence-electron chi connectivity index (χ4n) is 7.14. The van der Waals surface area contributed by atoms with Gasteiger partial charge in [-0.1, -0.05) is 152 Å². The van der Waals surface area contributed by atoms with Crippen molar-refractivity contribution in [3.05, 3.63) is 200 Å². The molecular formula is C48H34N2. The maximum Gasteiger partial charge on any atom is 0.0547 e. The van der Waals surface area contributed by atoms with Gasteiger partial charge in [-0.25, -0.2) is 0 Å². The van der Waals surface area contributed by atoms with Crippen molar-refractivity contribution in [2.24, 2.45) is 0 Å². The van der Waals surface area contributed by atoms with Crippen molar-refractivity contribution in [3.63, 3.8) is 0 Å². The molecular weight excluding hydrogens is 605 g/mol. The van der Waals surface area contributed by atoms with Crippen molar-refractivity contribution in [1.29, 1.82) is 0 Å². The Morgan fingerprint density at radius 3 is 1.54 bits per heavy atom. The molecule has 50 heavy (non-hydrogen) atoms. The van der Waals surface area contributed by atoms with E-state index in [0.717, 1.165) is 16.9 Å². The number of anilines is 2. The van der Waals surface area contributed by atoms with E-state index >= 15 is 0 Å². The molecule has 0 saturated heterocycles. The number of benzene rings is 8. The minimum Gasteiger partial charge on any atom is -0.355 e. The molecule has 0 fully saturated rings. The zero-order chi connectivity index (χ0) is 33.3. The van der Waals surface area contributed by atoms with Crippen LogP contribution in [0.4, 0.5) is 11.4 Å². The first-order valence-electron chi connectivity index (χ1n) is 17.1. The van der Waals surface area contributed by atoms with Gasteiger partial charge in [-0.2, -0.15) is 0 Å². The second-order valence-electron chi connectivity index (χ2n) is 12.7. The lowest BCUT2D eigenvalue weighted by Crippen LogP contribution is -1.95. The summed E-state index contributed by atoms with van der Waals surface area (Å²) in [5.74, 6) is 0. The number of hydrogen-bond donors (Lipinski definition) is 1. The van der Waals surface area contributed by atoms with Crippen LogP contribution in [0.15, 0.2) is 200 Å². The Hall–Kier alpha value is -6.64. The van der Waals surface area contributed by atoms with Crippen LogP contribution in [0, 0.1) is 0 Å². The number of nitrogens with zero attached hydrogens (tertiary/aromatic N) is 1. The summed E-state index contributed by atoms with van der Waals surface area (Å²) in [7, 11) is 0. The SMILES string of the molecule is c1ccc(-c2cc(Nc3ccccc3-c3ccc(-c4ccc5c6ccccc6n(-c6ccccc6)c5c4)cc3)cc(-c3ccccc3)c2)cc1. The number of hydrogen-bond acceptors (Lipinski definition) is 1. The molecule has 9 aromatic rings. The Labute approximate surface area is 292 Å². The lowest BCUT2D eigenvalue weighted by Gasteiger charge is -2.16. The molecule has 1 heterocycles. The molecule has 1 aromatic heterocycles. The average molecular weight is 639 g/mol. The summed E-state index contributed by atoms with van der Waals surface area (Å²) in [5, 5.41) is 6.32. The minimum absolute atomic E-state index is 1.05. The second kappa shape index (κ2) is 12.8. The normalized spacial score (nSPS) is 11.2. The number of rotatable bonds is 7. The van der Waals surface area contributed by atoms with Gasteiger partial charge in [0.1, 0.15) is 0 Å². The van der Waals surface area contributed by atoms with Crippen LogP contribution < -0.4 is 5.32 Å². The first kappa shape index (κ1) is 29.5. The van der Waals surface area contributed by atoms with Crippen LogP contribution in [0.3, 0.4) is 0 Å². The fourth-order valence-corrected chi connectivity index (χ4v) is 7.14. The highest BCUT2D eigenvalue weighted by Crippen LogP contribution is 2.38. The van der Waals surface area contributed by atoms with Crippen LogP contribution in [-0.2, 0) is 0 Å². The van der Waals surface area contributed by atoms with Crippen LogP contribution >= 0.6 is 0 Å².